The lowest BCUT2D eigenvalue weighted by Gasteiger charge is -2.32. The molecule has 32 heavy (non-hydrogen) atoms. The van der Waals surface area contributed by atoms with Gasteiger partial charge in [0.05, 0.1) is 0 Å². The van der Waals surface area contributed by atoms with Gasteiger partial charge in [-0.1, -0.05) is 6.07 Å². The molecule has 1 aliphatic heterocycles. The van der Waals surface area contributed by atoms with E-state index in [1.54, 1.807) is 18.6 Å². The maximum atomic E-state index is 13.4. The summed E-state index contributed by atoms with van der Waals surface area (Å²) in [5.41, 5.74) is 3.47. The Kier molecular flexibility index (Phi) is 5.45. The molecular weight excluding hydrogens is 412 g/mol. The van der Waals surface area contributed by atoms with Crippen molar-refractivity contribution in [2.24, 2.45) is 0 Å². The maximum Gasteiger partial charge on any atom is 0.211 e. The molecule has 4 aromatic rings. The van der Waals surface area contributed by atoms with E-state index in [9.17, 15) is 13.6 Å². The number of pyridine rings is 2. The second-order valence-electron chi connectivity index (χ2n) is 8.12. The number of benzene rings is 1. The summed E-state index contributed by atoms with van der Waals surface area (Å²) < 4.78 is 28.4. The fourth-order valence-electron chi connectivity index (χ4n) is 4.21. The van der Waals surface area contributed by atoms with E-state index in [2.05, 4.69) is 32.2 Å². The van der Waals surface area contributed by atoms with Gasteiger partial charge in [-0.2, -0.15) is 0 Å². The number of aromatic nitrogens is 4. The van der Waals surface area contributed by atoms with Gasteiger partial charge in [-0.15, -0.1) is 10.2 Å². The van der Waals surface area contributed by atoms with Crippen LogP contribution in [0.15, 0.2) is 61.2 Å². The Morgan fingerprint density at radius 1 is 1.03 bits per heavy atom. The molecule has 0 atom stereocenters. The van der Waals surface area contributed by atoms with Crippen LogP contribution in [-0.4, -0.2) is 43.4 Å². The van der Waals surface area contributed by atoms with Crippen LogP contribution < -0.4 is 0 Å². The first kappa shape index (κ1) is 20.4. The highest BCUT2D eigenvalue weighted by molar-refractivity contribution is 6.07. The Morgan fingerprint density at radius 3 is 2.62 bits per heavy atom. The van der Waals surface area contributed by atoms with Gasteiger partial charge in [0, 0.05) is 24.5 Å². The van der Waals surface area contributed by atoms with Crippen LogP contribution in [0.1, 0.15) is 45.9 Å². The van der Waals surface area contributed by atoms with Crippen LogP contribution in [-0.2, 0) is 6.54 Å². The van der Waals surface area contributed by atoms with Gasteiger partial charge in [0.1, 0.15) is 12.0 Å². The number of carbonyl (C=O) groups excluding carboxylic acids is 1. The van der Waals surface area contributed by atoms with Crippen molar-refractivity contribution < 1.29 is 13.6 Å². The molecule has 3 aromatic heterocycles. The predicted molar refractivity (Wildman–Crippen MR) is 114 cm³/mol. The Hall–Kier alpha value is -3.52. The molecule has 1 aromatic carbocycles. The maximum absolute atomic E-state index is 13.4. The molecule has 1 saturated heterocycles. The first-order chi connectivity index (χ1) is 15.6. The number of likely N-dealkylation sites (tertiary alicyclic amines) is 1. The van der Waals surface area contributed by atoms with Crippen molar-refractivity contribution in [1.29, 1.82) is 0 Å². The van der Waals surface area contributed by atoms with Gasteiger partial charge in [0.25, 0.3) is 0 Å². The molecular formula is C24H21F2N5O. The van der Waals surface area contributed by atoms with Crippen molar-refractivity contribution in [2.45, 2.75) is 25.3 Å². The Morgan fingerprint density at radius 2 is 1.88 bits per heavy atom. The third-order valence-electron chi connectivity index (χ3n) is 6.03. The molecule has 162 valence electrons. The zero-order chi connectivity index (χ0) is 22.1. The molecule has 5 rings (SSSR count). The summed E-state index contributed by atoms with van der Waals surface area (Å²) in [6.07, 6.45) is 7.51. The third kappa shape index (κ3) is 4.13. The summed E-state index contributed by atoms with van der Waals surface area (Å²) in [6, 6.07) is 10.9. The summed E-state index contributed by atoms with van der Waals surface area (Å²) in [7, 11) is 0. The highest BCUT2D eigenvalue weighted by Crippen LogP contribution is 2.29. The van der Waals surface area contributed by atoms with E-state index in [1.807, 2.05) is 16.7 Å². The monoisotopic (exact) mass is 433 g/mol. The number of halogens is 2. The van der Waals surface area contributed by atoms with Crippen molar-refractivity contribution in [1.82, 2.24) is 24.5 Å². The van der Waals surface area contributed by atoms with E-state index < -0.39 is 17.4 Å². The van der Waals surface area contributed by atoms with Crippen LogP contribution in [0.2, 0.25) is 0 Å². The Balaban J connectivity index is 1.19. The average Bonchev–Trinajstić information content (AvgIpc) is 3.29. The van der Waals surface area contributed by atoms with E-state index in [-0.39, 0.29) is 11.3 Å². The number of hydrogen-bond donors (Lipinski definition) is 0. The molecule has 6 nitrogen and oxygen atoms in total. The van der Waals surface area contributed by atoms with Gasteiger partial charge in [-0.3, -0.25) is 19.1 Å². The minimum atomic E-state index is -1.04. The molecule has 0 amide bonds. The minimum Gasteiger partial charge on any atom is -0.299 e. The number of nitrogens with zero attached hydrogens (tertiary/aromatic N) is 5. The molecule has 0 bridgehead atoms. The van der Waals surface area contributed by atoms with Crippen LogP contribution in [0.4, 0.5) is 8.78 Å². The van der Waals surface area contributed by atoms with Gasteiger partial charge in [0.15, 0.2) is 17.3 Å². The third-order valence-corrected chi connectivity index (χ3v) is 6.03. The van der Waals surface area contributed by atoms with Gasteiger partial charge < -0.3 is 0 Å². The van der Waals surface area contributed by atoms with Crippen LogP contribution in [0, 0.1) is 11.6 Å². The number of piperidine rings is 1. The second kappa shape index (κ2) is 8.55. The lowest BCUT2D eigenvalue weighted by molar-refractivity contribution is 0.103. The van der Waals surface area contributed by atoms with Gasteiger partial charge in [-0.05, 0) is 79.4 Å². The summed E-state index contributed by atoms with van der Waals surface area (Å²) in [5.74, 6) is -1.95. The molecule has 1 aliphatic rings. The fraction of sp³-hybridized carbons (Fsp3) is 0.250. The van der Waals surface area contributed by atoms with Gasteiger partial charge >= 0.3 is 0 Å². The highest BCUT2D eigenvalue weighted by Gasteiger charge is 2.21. The molecule has 4 heterocycles. The quantitative estimate of drug-likeness (QED) is 0.445. The molecule has 1 fully saturated rings. The molecule has 0 N–H and O–H groups in total. The van der Waals surface area contributed by atoms with Crippen molar-refractivity contribution in [2.75, 3.05) is 13.1 Å². The SMILES string of the molecule is O=C(c1ccc(F)c(F)c1)c1ccc(CN2CCC(c3ccn4cnnc4c3)CC2)cn1. The largest absolute Gasteiger partial charge is 0.299 e. The first-order valence-electron chi connectivity index (χ1n) is 10.5. The summed E-state index contributed by atoms with van der Waals surface area (Å²) in [6.45, 7) is 2.69. The van der Waals surface area contributed by atoms with E-state index in [4.69, 9.17) is 0 Å². The second-order valence-corrected chi connectivity index (χ2v) is 8.12. The average molecular weight is 433 g/mol. The number of hydrogen-bond acceptors (Lipinski definition) is 5. The van der Waals surface area contributed by atoms with E-state index >= 15 is 0 Å². The molecule has 0 spiro atoms. The Bertz CT molecular complexity index is 1260. The van der Waals surface area contributed by atoms with E-state index in [0.717, 1.165) is 55.8 Å². The van der Waals surface area contributed by atoms with Crippen LogP contribution >= 0.6 is 0 Å². The Labute approximate surface area is 183 Å². The standard InChI is InChI=1S/C24H21F2N5O/c25-20-3-2-19(11-21(20)26)24(32)22-4-1-16(13-27-22)14-30-8-5-17(6-9-30)18-7-10-31-15-28-29-23(31)12-18/h1-4,7,10-13,15,17H,5-6,8-9,14H2. The number of carbonyl (C=O) groups is 1. The van der Waals surface area contributed by atoms with Crippen molar-refractivity contribution in [3.05, 3.63) is 95.2 Å². The normalized spacial score (nSPS) is 15.3. The van der Waals surface area contributed by atoms with Crippen molar-refractivity contribution >= 4 is 11.4 Å². The van der Waals surface area contributed by atoms with Crippen LogP contribution in [0.25, 0.3) is 5.65 Å². The summed E-state index contributed by atoms with van der Waals surface area (Å²) in [4.78, 5) is 19.1. The predicted octanol–water partition coefficient (Wildman–Crippen LogP) is 4.01. The molecule has 0 saturated carbocycles. The first-order valence-corrected chi connectivity index (χ1v) is 10.5. The van der Waals surface area contributed by atoms with Crippen molar-refractivity contribution in [3.8, 4) is 0 Å². The smallest absolute Gasteiger partial charge is 0.211 e. The van der Waals surface area contributed by atoms with E-state index in [0.29, 0.717) is 5.92 Å². The fourth-order valence-corrected chi connectivity index (χ4v) is 4.21. The zero-order valence-electron chi connectivity index (χ0n) is 17.3. The topological polar surface area (TPSA) is 63.4 Å². The summed E-state index contributed by atoms with van der Waals surface area (Å²) >= 11 is 0. The lowest BCUT2D eigenvalue weighted by Crippen LogP contribution is -2.32. The van der Waals surface area contributed by atoms with Crippen LogP contribution in [0.3, 0.4) is 0 Å². The van der Waals surface area contributed by atoms with Gasteiger partial charge in [-0.25, -0.2) is 8.78 Å². The number of rotatable bonds is 5. The van der Waals surface area contributed by atoms with Crippen molar-refractivity contribution in [3.63, 3.8) is 0 Å². The lowest BCUT2D eigenvalue weighted by atomic mass is 9.90. The number of ketones is 1. The minimum absolute atomic E-state index is 0.0792. The molecule has 0 unspecified atom stereocenters. The zero-order valence-corrected chi connectivity index (χ0v) is 17.3. The molecule has 8 heteroatoms. The van der Waals surface area contributed by atoms with Crippen LogP contribution in [0.5, 0.6) is 0 Å². The molecule has 0 radical (unpaired) electrons. The molecule has 0 aliphatic carbocycles. The highest BCUT2D eigenvalue weighted by atomic mass is 19.2. The van der Waals surface area contributed by atoms with E-state index in [1.165, 1.54) is 11.6 Å². The van der Waals surface area contributed by atoms with Gasteiger partial charge in [0.2, 0.25) is 5.78 Å². The summed E-state index contributed by atoms with van der Waals surface area (Å²) in [5, 5.41) is 8.06. The number of fused-ring (bicyclic) bond motifs is 1.